The zero-order valence-electron chi connectivity index (χ0n) is 13.0. The molecule has 0 spiro atoms. The summed E-state index contributed by atoms with van der Waals surface area (Å²) in [4.78, 5) is 21.0. The van der Waals surface area contributed by atoms with E-state index in [0.717, 1.165) is 29.4 Å². The smallest absolute Gasteiger partial charge is 0.257 e. The van der Waals surface area contributed by atoms with Crippen molar-refractivity contribution in [2.24, 2.45) is 0 Å². The number of anilines is 1. The number of rotatable bonds is 2. The fraction of sp³-hybridized carbons (Fsp3) is 0.235. The molecule has 122 valence electrons. The number of hydrogen-bond acceptors (Lipinski definition) is 4. The van der Waals surface area contributed by atoms with Crippen LogP contribution in [0.3, 0.4) is 0 Å². The Labute approximate surface area is 144 Å². The highest BCUT2D eigenvalue weighted by atomic mass is 35.5. The average molecular weight is 342 g/mol. The largest absolute Gasteiger partial charge is 0.367 e. The molecule has 0 N–H and O–H groups in total. The minimum Gasteiger partial charge on any atom is -0.367 e. The van der Waals surface area contributed by atoms with E-state index >= 15 is 0 Å². The van der Waals surface area contributed by atoms with E-state index in [4.69, 9.17) is 11.6 Å². The molecule has 24 heavy (non-hydrogen) atoms. The highest BCUT2D eigenvalue weighted by Crippen LogP contribution is 2.26. The molecule has 3 heterocycles. The molecule has 0 atom stereocenters. The molecule has 0 aliphatic carbocycles. The Hall–Kier alpha value is -2.60. The van der Waals surface area contributed by atoms with E-state index in [2.05, 4.69) is 15.0 Å². The van der Waals surface area contributed by atoms with E-state index in [9.17, 15) is 4.79 Å². The van der Waals surface area contributed by atoms with Crippen LogP contribution in [0.15, 0.2) is 48.9 Å². The van der Waals surface area contributed by atoms with E-state index in [1.807, 2.05) is 29.2 Å². The average Bonchev–Trinajstić information content (AvgIpc) is 3.09. The fourth-order valence-corrected chi connectivity index (χ4v) is 3.22. The van der Waals surface area contributed by atoms with Gasteiger partial charge in [0.05, 0.1) is 22.5 Å². The van der Waals surface area contributed by atoms with Crippen LogP contribution in [0, 0.1) is 0 Å². The highest BCUT2D eigenvalue weighted by Gasteiger charge is 2.23. The molecule has 3 aromatic rings. The maximum absolute atomic E-state index is 12.7. The molecule has 0 bridgehead atoms. The number of halogens is 1. The third-order valence-electron chi connectivity index (χ3n) is 4.25. The first-order valence-corrected chi connectivity index (χ1v) is 8.18. The lowest BCUT2D eigenvalue weighted by Crippen LogP contribution is -2.49. The van der Waals surface area contributed by atoms with Gasteiger partial charge in [-0.2, -0.15) is 5.10 Å². The Morgan fingerprint density at radius 3 is 2.67 bits per heavy atom. The summed E-state index contributed by atoms with van der Waals surface area (Å²) in [5.41, 5.74) is 2.30. The quantitative estimate of drug-likeness (QED) is 0.718. The first kappa shape index (κ1) is 15.0. The van der Waals surface area contributed by atoms with Crippen LogP contribution in [0.25, 0.3) is 5.65 Å². The van der Waals surface area contributed by atoms with E-state index < -0.39 is 0 Å². The first-order chi connectivity index (χ1) is 11.7. The van der Waals surface area contributed by atoms with E-state index in [-0.39, 0.29) is 5.91 Å². The van der Waals surface area contributed by atoms with Crippen LogP contribution >= 0.6 is 11.6 Å². The molecular weight excluding hydrogens is 326 g/mol. The predicted octanol–water partition coefficient (Wildman–Crippen LogP) is 2.35. The van der Waals surface area contributed by atoms with Crippen molar-refractivity contribution in [1.82, 2.24) is 19.5 Å². The van der Waals surface area contributed by atoms with Crippen molar-refractivity contribution in [3.8, 4) is 0 Å². The third kappa shape index (κ3) is 2.69. The number of amides is 1. The van der Waals surface area contributed by atoms with Crippen molar-refractivity contribution in [3.63, 3.8) is 0 Å². The first-order valence-electron chi connectivity index (χ1n) is 7.80. The molecule has 7 heteroatoms. The lowest BCUT2D eigenvalue weighted by atomic mass is 10.2. The zero-order valence-corrected chi connectivity index (χ0v) is 13.7. The third-order valence-corrected chi connectivity index (χ3v) is 4.57. The second-order valence-electron chi connectivity index (χ2n) is 5.71. The minimum atomic E-state index is -0.0151. The molecular formula is C17H16ClN5O. The van der Waals surface area contributed by atoms with Gasteiger partial charge >= 0.3 is 0 Å². The summed E-state index contributed by atoms with van der Waals surface area (Å²) in [5.74, 6) is -0.0151. The van der Waals surface area contributed by atoms with E-state index in [0.29, 0.717) is 18.7 Å². The summed E-state index contributed by atoms with van der Waals surface area (Å²) in [6, 6.07) is 9.60. The molecule has 4 rings (SSSR count). The van der Waals surface area contributed by atoms with Crippen molar-refractivity contribution in [1.29, 1.82) is 0 Å². The summed E-state index contributed by atoms with van der Waals surface area (Å²) >= 11 is 6.26. The molecule has 2 aromatic heterocycles. The van der Waals surface area contributed by atoms with E-state index in [1.54, 1.807) is 29.2 Å². The topological polar surface area (TPSA) is 53.7 Å². The molecule has 1 aromatic carbocycles. The van der Waals surface area contributed by atoms with Crippen LogP contribution in [0.4, 0.5) is 5.69 Å². The molecule has 0 radical (unpaired) electrons. The number of carbonyl (C=O) groups excluding carboxylic acids is 1. The fourth-order valence-electron chi connectivity index (χ4n) is 2.96. The van der Waals surface area contributed by atoms with Crippen LogP contribution in [0.2, 0.25) is 5.02 Å². The maximum Gasteiger partial charge on any atom is 0.257 e. The van der Waals surface area contributed by atoms with Gasteiger partial charge in [-0.25, -0.2) is 9.50 Å². The molecule has 1 aliphatic rings. The number of fused-ring (bicyclic) bond motifs is 1. The van der Waals surface area contributed by atoms with Gasteiger partial charge in [0, 0.05) is 44.6 Å². The lowest BCUT2D eigenvalue weighted by molar-refractivity contribution is 0.0745. The van der Waals surface area contributed by atoms with Gasteiger partial charge in [0.1, 0.15) is 0 Å². The predicted molar refractivity (Wildman–Crippen MR) is 92.6 cm³/mol. The van der Waals surface area contributed by atoms with Crippen molar-refractivity contribution < 1.29 is 4.79 Å². The second kappa shape index (κ2) is 6.13. The zero-order chi connectivity index (χ0) is 16.5. The summed E-state index contributed by atoms with van der Waals surface area (Å²) in [7, 11) is 0. The molecule has 1 saturated heterocycles. The Kier molecular flexibility index (Phi) is 3.82. The number of para-hydroxylation sites is 1. The number of piperazine rings is 1. The molecule has 1 amide bonds. The molecule has 0 unspecified atom stereocenters. The van der Waals surface area contributed by atoms with Crippen LogP contribution in [0.1, 0.15) is 10.4 Å². The van der Waals surface area contributed by atoms with Crippen molar-refractivity contribution in [2.75, 3.05) is 31.1 Å². The summed E-state index contributed by atoms with van der Waals surface area (Å²) in [6.07, 6.45) is 5.00. The summed E-state index contributed by atoms with van der Waals surface area (Å²) in [5, 5.41) is 4.87. The van der Waals surface area contributed by atoms with Gasteiger partial charge in [-0.1, -0.05) is 23.7 Å². The van der Waals surface area contributed by atoms with Crippen molar-refractivity contribution in [3.05, 3.63) is 59.5 Å². The second-order valence-corrected chi connectivity index (χ2v) is 6.11. The van der Waals surface area contributed by atoms with Gasteiger partial charge in [0.15, 0.2) is 5.65 Å². The van der Waals surface area contributed by atoms with Gasteiger partial charge in [-0.15, -0.1) is 0 Å². The maximum atomic E-state index is 12.7. The molecule has 0 saturated carbocycles. The minimum absolute atomic E-state index is 0.0151. The van der Waals surface area contributed by atoms with Gasteiger partial charge in [0.2, 0.25) is 0 Å². The van der Waals surface area contributed by atoms with Gasteiger partial charge in [-0.3, -0.25) is 4.79 Å². The standard InChI is InChI=1S/C17H16ClN5O/c18-14-3-1-2-4-15(14)21-7-9-22(10-8-21)17(24)13-11-19-16-5-6-20-23(16)12-13/h1-6,11-12H,7-10H2. The Morgan fingerprint density at radius 2 is 1.88 bits per heavy atom. The number of benzene rings is 1. The van der Waals surface area contributed by atoms with Crippen molar-refractivity contribution >= 4 is 28.8 Å². The van der Waals surface area contributed by atoms with Crippen LogP contribution < -0.4 is 4.90 Å². The summed E-state index contributed by atoms with van der Waals surface area (Å²) < 4.78 is 1.62. The van der Waals surface area contributed by atoms with Crippen LogP contribution in [-0.2, 0) is 0 Å². The van der Waals surface area contributed by atoms with E-state index in [1.165, 1.54) is 0 Å². The Bertz CT molecular complexity index is 885. The Morgan fingerprint density at radius 1 is 1.08 bits per heavy atom. The van der Waals surface area contributed by atoms with Gasteiger partial charge in [0.25, 0.3) is 5.91 Å². The summed E-state index contributed by atoms with van der Waals surface area (Å²) in [6.45, 7) is 2.82. The number of nitrogens with zero attached hydrogens (tertiary/aromatic N) is 5. The molecule has 1 fully saturated rings. The van der Waals surface area contributed by atoms with Crippen LogP contribution in [-0.4, -0.2) is 51.6 Å². The molecule has 6 nitrogen and oxygen atoms in total. The van der Waals surface area contributed by atoms with Crippen LogP contribution in [0.5, 0.6) is 0 Å². The van der Waals surface area contributed by atoms with Gasteiger partial charge in [-0.05, 0) is 12.1 Å². The SMILES string of the molecule is O=C(c1cnc2ccnn2c1)N1CCN(c2ccccc2Cl)CC1. The lowest BCUT2D eigenvalue weighted by Gasteiger charge is -2.36. The van der Waals surface area contributed by atoms with Gasteiger partial charge < -0.3 is 9.80 Å². The number of carbonyl (C=O) groups is 1. The number of hydrogen-bond donors (Lipinski definition) is 0. The molecule has 1 aliphatic heterocycles. The monoisotopic (exact) mass is 341 g/mol. The van der Waals surface area contributed by atoms with Crippen molar-refractivity contribution in [2.45, 2.75) is 0 Å². The number of aromatic nitrogens is 3. The highest BCUT2D eigenvalue weighted by molar-refractivity contribution is 6.33. The Balaban J connectivity index is 1.47. The normalized spacial score (nSPS) is 15.0.